The first kappa shape index (κ1) is 18.0. The molecule has 1 aromatic heterocycles. The van der Waals surface area contributed by atoms with Gasteiger partial charge in [0.2, 0.25) is 0 Å². The quantitative estimate of drug-likeness (QED) is 0.821. The second kappa shape index (κ2) is 6.49. The van der Waals surface area contributed by atoms with Crippen molar-refractivity contribution in [2.75, 3.05) is 13.1 Å². The molecule has 0 unspecified atom stereocenters. The number of hydrogen-bond acceptors (Lipinski definition) is 3. The Morgan fingerprint density at radius 2 is 2.00 bits per heavy atom. The number of fused-ring (bicyclic) bond motifs is 4. The lowest BCUT2D eigenvalue weighted by atomic mass is 9.72. The molecule has 0 spiro atoms. The zero-order valence-electron chi connectivity index (χ0n) is 13.8. The molecular formula is C18H22Cl2N2OS. The largest absolute Gasteiger partial charge is 0.346 e. The molecule has 130 valence electrons. The highest BCUT2D eigenvalue weighted by atomic mass is 35.5. The standard InChI is InChI=1S/C18H21ClN2OS.ClH/c1-18(2)16(11-5-7-21(18)8-6-11)20-17(22)15-9-12-3-4-13(19)10-14(12)23-15;/h3-4,9-11,16H,5-8H2,1-2H3,(H,20,22);1H/t16-;/m0./s1. The number of thiophene rings is 1. The van der Waals surface area contributed by atoms with Crippen LogP contribution in [0.2, 0.25) is 5.02 Å². The lowest BCUT2D eigenvalue weighted by molar-refractivity contribution is -0.0377. The van der Waals surface area contributed by atoms with Crippen molar-refractivity contribution in [3.63, 3.8) is 0 Å². The summed E-state index contributed by atoms with van der Waals surface area (Å²) >= 11 is 7.56. The monoisotopic (exact) mass is 384 g/mol. The smallest absolute Gasteiger partial charge is 0.261 e. The number of hydrogen-bond donors (Lipinski definition) is 1. The van der Waals surface area contributed by atoms with E-state index in [9.17, 15) is 4.79 Å². The Labute approximate surface area is 157 Å². The van der Waals surface area contributed by atoms with Gasteiger partial charge < -0.3 is 5.32 Å². The van der Waals surface area contributed by atoms with Crippen LogP contribution in [0.1, 0.15) is 36.4 Å². The first-order valence-corrected chi connectivity index (χ1v) is 9.39. The molecule has 1 atom stereocenters. The fourth-order valence-corrected chi connectivity index (χ4v) is 5.45. The number of carbonyl (C=O) groups excluding carboxylic acids is 1. The minimum atomic E-state index is 0. The molecule has 3 aliphatic rings. The van der Waals surface area contributed by atoms with Gasteiger partial charge in [-0.25, -0.2) is 0 Å². The predicted molar refractivity (Wildman–Crippen MR) is 104 cm³/mol. The molecule has 24 heavy (non-hydrogen) atoms. The van der Waals surface area contributed by atoms with Gasteiger partial charge in [-0.15, -0.1) is 23.7 Å². The lowest BCUT2D eigenvalue weighted by Gasteiger charge is -2.56. The summed E-state index contributed by atoms with van der Waals surface area (Å²) in [5.41, 5.74) is 0.0385. The Morgan fingerprint density at radius 3 is 2.67 bits per heavy atom. The minimum Gasteiger partial charge on any atom is -0.346 e. The van der Waals surface area contributed by atoms with Gasteiger partial charge in [-0.3, -0.25) is 9.69 Å². The molecular weight excluding hydrogens is 363 g/mol. The second-order valence-corrected chi connectivity index (χ2v) is 8.74. The summed E-state index contributed by atoms with van der Waals surface area (Å²) in [5, 5.41) is 5.12. The average molecular weight is 385 g/mol. The molecule has 3 aliphatic heterocycles. The van der Waals surface area contributed by atoms with Crippen molar-refractivity contribution in [2.45, 2.75) is 38.3 Å². The van der Waals surface area contributed by atoms with Crippen LogP contribution < -0.4 is 5.32 Å². The normalized spacial score (nSPS) is 27.7. The van der Waals surface area contributed by atoms with E-state index in [0.717, 1.165) is 28.1 Å². The van der Waals surface area contributed by atoms with E-state index in [1.807, 2.05) is 24.3 Å². The van der Waals surface area contributed by atoms with E-state index in [2.05, 4.69) is 24.1 Å². The van der Waals surface area contributed by atoms with E-state index >= 15 is 0 Å². The predicted octanol–water partition coefficient (Wildman–Crippen LogP) is 4.58. The summed E-state index contributed by atoms with van der Waals surface area (Å²) in [6.45, 7) is 6.83. The number of rotatable bonds is 2. The summed E-state index contributed by atoms with van der Waals surface area (Å²) in [4.78, 5) is 16.1. The van der Waals surface area contributed by atoms with Gasteiger partial charge in [0, 0.05) is 21.3 Å². The lowest BCUT2D eigenvalue weighted by Crippen LogP contribution is -2.69. The molecule has 6 heteroatoms. The summed E-state index contributed by atoms with van der Waals surface area (Å²) in [6, 6.07) is 7.97. The maximum atomic E-state index is 12.8. The van der Waals surface area contributed by atoms with Crippen molar-refractivity contribution < 1.29 is 4.79 Å². The first-order valence-electron chi connectivity index (χ1n) is 8.20. The number of piperidine rings is 3. The minimum absolute atomic E-state index is 0. The Balaban J connectivity index is 0.00000169. The molecule has 1 N–H and O–H groups in total. The SMILES string of the molecule is CC1(C)[C@@H](NC(=O)c2cc3ccc(Cl)cc3s2)C2CCN1CC2.Cl. The zero-order valence-corrected chi connectivity index (χ0v) is 16.2. The maximum Gasteiger partial charge on any atom is 0.261 e. The number of nitrogens with zero attached hydrogens (tertiary/aromatic N) is 1. The van der Waals surface area contributed by atoms with Gasteiger partial charge in [0.25, 0.3) is 5.91 Å². The first-order chi connectivity index (χ1) is 10.9. The number of amides is 1. The molecule has 2 bridgehead atoms. The van der Waals surface area contributed by atoms with Crippen molar-refractivity contribution in [3.05, 3.63) is 34.2 Å². The van der Waals surface area contributed by atoms with Crippen molar-refractivity contribution >= 4 is 51.3 Å². The third-order valence-electron chi connectivity index (χ3n) is 5.58. The fourth-order valence-electron chi connectivity index (χ4n) is 4.21. The van der Waals surface area contributed by atoms with Crippen molar-refractivity contribution in [2.24, 2.45) is 5.92 Å². The Morgan fingerprint density at radius 1 is 1.29 bits per heavy atom. The second-order valence-electron chi connectivity index (χ2n) is 7.22. The molecule has 3 fully saturated rings. The van der Waals surface area contributed by atoms with E-state index < -0.39 is 0 Å². The highest BCUT2D eigenvalue weighted by Crippen LogP contribution is 2.39. The van der Waals surface area contributed by atoms with Crippen LogP contribution in [0.15, 0.2) is 24.3 Å². The summed E-state index contributed by atoms with van der Waals surface area (Å²) in [6.07, 6.45) is 2.38. The van der Waals surface area contributed by atoms with E-state index in [1.165, 1.54) is 24.2 Å². The number of halogens is 2. The van der Waals surface area contributed by atoms with Crippen LogP contribution >= 0.6 is 35.3 Å². The van der Waals surface area contributed by atoms with Gasteiger partial charge in [-0.05, 0) is 69.3 Å². The van der Waals surface area contributed by atoms with Gasteiger partial charge >= 0.3 is 0 Å². The van der Waals surface area contributed by atoms with Crippen LogP contribution in [0.3, 0.4) is 0 Å². The highest BCUT2D eigenvalue weighted by Gasteiger charge is 2.48. The van der Waals surface area contributed by atoms with E-state index in [4.69, 9.17) is 11.6 Å². The summed E-state index contributed by atoms with van der Waals surface area (Å²) in [5.74, 6) is 0.650. The van der Waals surface area contributed by atoms with Crippen LogP contribution in [0.25, 0.3) is 10.1 Å². The molecule has 1 amide bonds. The molecule has 2 aromatic rings. The van der Waals surface area contributed by atoms with Crippen LogP contribution in [-0.4, -0.2) is 35.5 Å². The molecule has 3 nitrogen and oxygen atoms in total. The van der Waals surface area contributed by atoms with Gasteiger partial charge in [0.1, 0.15) is 0 Å². The molecule has 4 heterocycles. The molecule has 5 rings (SSSR count). The van der Waals surface area contributed by atoms with E-state index in [0.29, 0.717) is 10.9 Å². The molecule has 3 saturated heterocycles. The van der Waals surface area contributed by atoms with Crippen LogP contribution in [-0.2, 0) is 0 Å². The maximum absolute atomic E-state index is 12.8. The van der Waals surface area contributed by atoms with Crippen molar-refractivity contribution in [3.8, 4) is 0 Å². The van der Waals surface area contributed by atoms with E-state index in [1.54, 1.807) is 0 Å². The third kappa shape index (κ3) is 2.94. The number of benzene rings is 1. The molecule has 0 radical (unpaired) electrons. The average Bonchev–Trinajstić information content (AvgIpc) is 2.94. The van der Waals surface area contributed by atoms with E-state index in [-0.39, 0.29) is 29.9 Å². The number of carbonyl (C=O) groups is 1. The summed E-state index contributed by atoms with van der Waals surface area (Å²) < 4.78 is 1.07. The zero-order chi connectivity index (χ0) is 16.2. The van der Waals surface area contributed by atoms with Gasteiger partial charge in [-0.1, -0.05) is 17.7 Å². The fraction of sp³-hybridized carbons (Fsp3) is 0.500. The Hall–Kier alpha value is -0.810. The summed E-state index contributed by atoms with van der Waals surface area (Å²) in [7, 11) is 0. The molecule has 1 aromatic carbocycles. The highest BCUT2D eigenvalue weighted by molar-refractivity contribution is 7.20. The van der Waals surface area contributed by atoms with Gasteiger partial charge in [-0.2, -0.15) is 0 Å². The van der Waals surface area contributed by atoms with Crippen molar-refractivity contribution in [1.82, 2.24) is 10.2 Å². The van der Waals surface area contributed by atoms with Crippen LogP contribution in [0, 0.1) is 5.92 Å². The number of nitrogens with one attached hydrogen (secondary N) is 1. The Bertz CT molecular complexity index is 765. The van der Waals surface area contributed by atoms with Crippen LogP contribution in [0.4, 0.5) is 0 Å². The van der Waals surface area contributed by atoms with Gasteiger partial charge in [0.05, 0.1) is 4.88 Å². The topological polar surface area (TPSA) is 32.3 Å². The molecule has 0 aliphatic carbocycles. The van der Waals surface area contributed by atoms with Crippen molar-refractivity contribution in [1.29, 1.82) is 0 Å². The third-order valence-corrected chi connectivity index (χ3v) is 6.91. The molecule has 0 saturated carbocycles. The van der Waals surface area contributed by atoms with Crippen LogP contribution in [0.5, 0.6) is 0 Å². The van der Waals surface area contributed by atoms with Gasteiger partial charge in [0.15, 0.2) is 0 Å². The Kier molecular flexibility index (Phi) is 4.86.